The predicted octanol–water partition coefficient (Wildman–Crippen LogP) is -0.149. The lowest BCUT2D eigenvalue weighted by atomic mass is 10.2. The van der Waals surface area contributed by atoms with Crippen molar-refractivity contribution < 1.29 is 15.0 Å². The molecule has 0 heterocycles. The lowest BCUT2D eigenvalue weighted by Crippen LogP contribution is -2.34. The van der Waals surface area contributed by atoms with Gasteiger partial charge in [-0.15, -0.1) is 0 Å². The van der Waals surface area contributed by atoms with Crippen molar-refractivity contribution in [2.24, 2.45) is 0 Å². The minimum absolute atomic E-state index is 0.140. The van der Waals surface area contributed by atoms with Crippen molar-refractivity contribution in [1.29, 1.82) is 0 Å². The van der Waals surface area contributed by atoms with E-state index in [1.807, 2.05) is 30.3 Å². The molecule has 4 nitrogen and oxygen atoms in total. The van der Waals surface area contributed by atoms with E-state index in [2.05, 4.69) is 11.8 Å². The van der Waals surface area contributed by atoms with Crippen LogP contribution >= 0.6 is 0 Å². The third-order valence-electron chi connectivity index (χ3n) is 2.11. The second-order valence-corrected chi connectivity index (χ2v) is 3.36. The Labute approximate surface area is 100 Å². The largest absolute Gasteiger partial charge is 0.395 e. The Morgan fingerprint density at radius 3 is 2.24 bits per heavy atom. The number of nitrogens with zero attached hydrogens (tertiary/aromatic N) is 1. The topological polar surface area (TPSA) is 60.8 Å². The van der Waals surface area contributed by atoms with E-state index < -0.39 is 5.91 Å². The van der Waals surface area contributed by atoms with Gasteiger partial charge in [-0.05, 0) is 12.1 Å². The van der Waals surface area contributed by atoms with Crippen molar-refractivity contribution in [2.45, 2.75) is 0 Å². The molecule has 1 rings (SSSR count). The van der Waals surface area contributed by atoms with Crippen LogP contribution in [0.5, 0.6) is 0 Å². The van der Waals surface area contributed by atoms with Gasteiger partial charge in [0.15, 0.2) is 0 Å². The van der Waals surface area contributed by atoms with E-state index in [4.69, 9.17) is 10.2 Å². The van der Waals surface area contributed by atoms with E-state index in [1.54, 1.807) is 0 Å². The van der Waals surface area contributed by atoms with E-state index in [-0.39, 0.29) is 26.3 Å². The molecule has 0 aliphatic rings. The average Bonchev–Trinajstić information content (AvgIpc) is 2.37. The fourth-order valence-corrected chi connectivity index (χ4v) is 1.28. The average molecular weight is 233 g/mol. The number of amides is 1. The van der Waals surface area contributed by atoms with Crippen LogP contribution in [-0.4, -0.2) is 47.3 Å². The molecule has 0 aliphatic carbocycles. The Balaban J connectivity index is 2.66. The molecule has 0 saturated heterocycles. The molecule has 0 aromatic heterocycles. The number of hydrogen-bond donors (Lipinski definition) is 2. The molecule has 0 fully saturated rings. The number of carbonyl (C=O) groups excluding carboxylic acids is 1. The number of carbonyl (C=O) groups is 1. The minimum atomic E-state index is -0.392. The van der Waals surface area contributed by atoms with Crippen LogP contribution in [0.4, 0.5) is 0 Å². The molecule has 1 aromatic rings. The van der Waals surface area contributed by atoms with Crippen LogP contribution in [0.3, 0.4) is 0 Å². The highest BCUT2D eigenvalue weighted by Crippen LogP contribution is 1.95. The number of aliphatic hydroxyl groups excluding tert-OH is 2. The fourth-order valence-electron chi connectivity index (χ4n) is 1.28. The maximum Gasteiger partial charge on any atom is 0.298 e. The van der Waals surface area contributed by atoms with Gasteiger partial charge in [-0.2, -0.15) is 0 Å². The van der Waals surface area contributed by atoms with Crippen molar-refractivity contribution in [3.63, 3.8) is 0 Å². The number of aliphatic hydroxyl groups is 2. The molecule has 0 aliphatic heterocycles. The second-order valence-electron chi connectivity index (χ2n) is 3.36. The molecule has 4 heteroatoms. The number of benzene rings is 1. The zero-order valence-electron chi connectivity index (χ0n) is 9.47. The molecule has 2 N–H and O–H groups in total. The smallest absolute Gasteiger partial charge is 0.298 e. The van der Waals surface area contributed by atoms with Crippen molar-refractivity contribution in [3.05, 3.63) is 35.9 Å². The first-order valence-electron chi connectivity index (χ1n) is 5.35. The molecule has 0 bridgehead atoms. The quantitative estimate of drug-likeness (QED) is 0.711. The number of rotatable bonds is 4. The zero-order chi connectivity index (χ0) is 12.5. The molecule has 17 heavy (non-hydrogen) atoms. The summed E-state index contributed by atoms with van der Waals surface area (Å²) < 4.78 is 0. The van der Waals surface area contributed by atoms with E-state index in [9.17, 15) is 4.79 Å². The van der Waals surface area contributed by atoms with Gasteiger partial charge in [0.1, 0.15) is 0 Å². The normalized spacial score (nSPS) is 9.29. The van der Waals surface area contributed by atoms with Crippen LogP contribution in [0.1, 0.15) is 5.56 Å². The summed E-state index contributed by atoms with van der Waals surface area (Å²) in [5.41, 5.74) is 0.758. The molecular weight excluding hydrogens is 218 g/mol. The first-order chi connectivity index (χ1) is 8.27. The molecule has 1 aromatic carbocycles. The van der Waals surface area contributed by atoms with Crippen molar-refractivity contribution in [2.75, 3.05) is 26.3 Å². The maximum absolute atomic E-state index is 11.6. The summed E-state index contributed by atoms with van der Waals surface area (Å²) in [6.07, 6.45) is 0. The third-order valence-corrected chi connectivity index (χ3v) is 2.11. The van der Waals surface area contributed by atoms with Gasteiger partial charge in [-0.25, -0.2) is 0 Å². The van der Waals surface area contributed by atoms with E-state index in [1.165, 1.54) is 4.90 Å². The fraction of sp³-hybridized carbons (Fsp3) is 0.308. The lowest BCUT2D eigenvalue weighted by molar-refractivity contribution is -0.126. The molecule has 1 amide bonds. The SMILES string of the molecule is O=C(C#Cc1ccccc1)N(CCO)CCO. The Morgan fingerprint density at radius 2 is 1.71 bits per heavy atom. The Kier molecular flexibility index (Phi) is 5.80. The summed E-state index contributed by atoms with van der Waals surface area (Å²) in [6.45, 7) is 0.0865. The molecule has 0 atom stereocenters. The summed E-state index contributed by atoms with van der Waals surface area (Å²) in [5.74, 6) is 4.83. The van der Waals surface area contributed by atoms with Gasteiger partial charge in [0.25, 0.3) is 5.91 Å². The highest BCUT2D eigenvalue weighted by atomic mass is 16.3. The Morgan fingerprint density at radius 1 is 1.12 bits per heavy atom. The van der Waals surface area contributed by atoms with Crippen LogP contribution in [-0.2, 0) is 4.79 Å². The van der Waals surface area contributed by atoms with Crippen LogP contribution in [0.25, 0.3) is 0 Å². The number of hydrogen-bond acceptors (Lipinski definition) is 3. The van der Waals surface area contributed by atoms with Crippen LogP contribution in [0.15, 0.2) is 30.3 Å². The van der Waals surface area contributed by atoms with Crippen molar-refractivity contribution >= 4 is 5.91 Å². The van der Waals surface area contributed by atoms with Gasteiger partial charge in [-0.3, -0.25) is 4.79 Å². The molecular formula is C13H15NO3. The molecule has 0 unspecified atom stereocenters. The summed E-state index contributed by atoms with van der Waals surface area (Å²) in [7, 11) is 0. The zero-order valence-corrected chi connectivity index (χ0v) is 9.47. The highest BCUT2D eigenvalue weighted by Gasteiger charge is 2.08. The first-order valence-corrected chi connectivity index (χ1v) is 5.35. The molecule has 90 valence electrons. The van der Waals surface area contributed by atoms with Gasteiger partial charge < -0.3 is 15.1 Å². The Hall–Kier alpha value is -1.83. The highest BCUT2D eigenvalue weighted by molar-refractivity contribution is 5.94. The molecule has 0 spiro atoms. The third kappa shape index (κ3) is 4.68. The molecule has 0 radical (unpaired) electrons. The second kappa shape index (κ2) is 7.44. The summed E-state index contributed by atoms with van der Waals surface area (Å²) in [4.78, 5) is 12.9. The van der Waals surface area contributed by atoms with Crippen LogP contribution in [0.2, 0.25) is 0 Å². The summed E-state index contributed by atoms with van der Waals surface area (Å²) in [6, 6.07) is 9.17. The van der Waals surface area contributed by atoms with Crippen LogP contribution in [0, 0.1) is 11.8 Å². The van der Waals surface area contributed by atoms with Crippen molar-refractivity contribution in [1.82, 2.24) is 4.90 Å². The van der Waals surface area contributed by atoms with Crippen LogP contribution < -0.4 is 0 Å². The van der Waals surface area contributed by atoms with Gasteiger partial charge >= 0.3 is 0 Å². The van der Waals surface area contributed by atoms with Gasteiger partial charge in [0, 0.05) is 24.6 Å². The Bertz CT molecular complexity index is 400. The lowest BCUT2D eigenvalue weighted by Gasteiger charge is -2.16. The maximum atomic E-state index is 11.6. The van der Waals surface area contributed by atoms with Gasteiger partial charge in [-0.1, -0.05) is 24.1 Å². The van der Waals surface area contributed by atoms with E-state index >= 15 is 0 Å². The first kappa shape index (κ1) is 13.2. The van der Waals surface area contributed by atoms with Gasteiger partial charge in [0.2, 0.25) is 0 Å². The standard InChI is InChI=1S/C13H15NO3/c15-10-8-14(9-11-16)13(17)7-6-12-4-2-1-3-5-12/h1-5,15-16H,8-11H2. The minimum Gasteiger partial charge on any atom is -0.395 e. The van der Waals surface area contributed by atoms with Gasteiger partial charge in [0.05, 0.1) is 13.2 Å². The summed E-state index contributed by atoms with van der Waals surface area (Å²) in [5, 5.41) is 17.5. The van der Waals surface area contributed by atoms with Crippen molar-refractivity contribution in [3.8, 4) is 11.8 Å². The van der Waals surface area contributed by atoms with E-state index in [0.29, 0.717) is 0 Å². The molecule has 0 saturated carbocycles. The van der Waals surface area contributed by atoms with E-state index in [0.717, 1.165) is 5.56 Å². The summed E-state index contributed by atoms with van der Waals surface area (Å²) >= 11 is 0. The monoisotopic (exact) mass is 233 g/mol. The predicted molar refractivity (Wildman–Crippen MR) is 64.1 cm³/mol.